The van der Waals surface area contributed by atoms with E-state index in [2.05, 4.69) is 20.2 Å². The van der Waals surface area contributed by atoms with Crippen LogP contribution in [0.25, 0.3) is 0 Å². The average Bonchev–Trinajstić information content (AvgIpc) is 2.49. The summed E-state index contributed by atoms with van der Waals surface area (Å²) < 4.78 is 10.3. The summed E-state index contributed by atoms with van der Waals surface area (Å²) in [5.74, 6) is 0.798. The van der Waals surface area contributed by atoms with Crippen molar-refractivity contribution < 1.29 is 9.47 Å². The number of aromatic nitrogens is 2. The van der Waals surface area contributed by atoms with Crippen LogP contribution in [0.5, 0.6) is 0 Å². The van der Waals surface area contributed by atoms with Gasteiger partial charge in [-0.05, 0) is 13.0 Å². The zero-order valence-electron chi connectivity index (χ0n) is 11.5. The molecule has 0 amide bonds. The van der Waals surface area contributed by atoms with Gasteiger partial charge in [0.1, 0.15) is 0 Å². The predicted octanol–water partition coefficient (Wildman–Crippen LogP) is 0.439. The summed E-state index contributed by atoms with van der Waals surface area (Å²) in [7, 11) is 1.72. The molecule has 106 valence electrons. The van der Waals surface area contributed by atoms with Crippen LogP contribution < -0.4 is 10.2 Å². The summed E-state index contributed by atoms with van der Waals surface area (Å²) in [6.07, 6.45) is 4.80. The van der Waals surface area contributed by atoms with E-state index in [-0.39, 0.29) is 0 Å². The molecule has 0 atom stereocenters. The Kier molecular flexibility index (Phi) is 6.00. The zero-order valence-corrected chi connectivity index (χ0v) is 11.5. The summed E-state index contributed by atoms with van der Waals surface area (Å²) in [6, 6.07) is 0. The molecule has 0 saturated carbocycles. The Balaban J connectivity index is 1.74. The maximum absolute atomic E-state index is 5.31. The SMILES string of the molecule is COCCCNCc1cnc(N2CCOCC2)nc1. The second kappa shape index (κ2) is 8.04. The molecule has 0 radical (unpaired) electrons. The van der Waals surface area contributed by atoms with Crippen molar-refractivity contribution in [1.82, 2.24) is 15.3 Å². The molecule has 1 fully saturated rings. The Morgan fingerprint density at radius 1 is 1.32 bits per heavy atom. The van der Waals surface area contributed by atoms with Crippen LogP contribution in [0.3, 0.4) is 0 Å². The van der Waals surface area contributed by atoms with Crippen molar-refractivity contribution in [3.05, 3.63) is 18.0 Å². The second-order valence-electron chi connectivity index (χ2n) is 4.51. The molecule has 2 heterocycles. The minimum atomic E-state index is 0.756. The molecule has 6 heteroatoms. The normalized spacial score (nSPS) is 15.7. The van der Waals surface area contributed by atoms with Crippen molar-refractivity contribution in [3.63, 3.8) is 0 Å². The van der Waals surface area contributed by atoms with Crippen molar-refractivity contribution in [3.8, 4) is 0 Å². The Bertz CT molecular complexity index is 352. The quantitative estimate of drug-likeness (QED) is 0.723. The monoisotopic (exact) mass is 266 g/mol. The Hall–Kier alpha value is -1.24. The van der Waals surface area contributed by atoms with Crippen LogP contribution in [0, 0.1) is 0 Å². The van der Waals surface area contributed by atoms with E-state index in [1.165, 1.54) is 0 Å². The van der Waals surface area contributed by atoms with Gasteiger partial charge in [0.05, 0.1) is 13.2 Å². The molecule has 2 rings (SSSR count). The van der Waals surface area contributed by atoms with Crippen molar-refractivity contribution >= 4 is 5.95 Å². The van der Waals surface area contributed by atoms with Gasteiger partial charge in [0.25, 0.3) is 0 Å². The number of hydrogen-bond acceptors (Lipinski definition) is 6. The molecule has 19 heavy (non-hydrogen) atoms. The third kappa shape index (κ3) is 4.74. The molecule has 1 aliphatic rings. The summed E-state index contributed by atoms with van der Waals surface area (Å²) in [6.45, 7) is 5.78. The van der Waals surface area contributed by atoms with E-state index in [1.807, 2.05) is 12.4 Å². The fraction of sp³-hybridized carbons (Fsp3) is 0.692. The molecule has 0 spiro atoms. The molecule has 1 aromatic rings. The predicted molar refractivity (Wildman–Crippen MR) is 73.3 cm³/mol. The highest BCUT2D eigenvalue weighted by Crippen LogP contribution is 2.09. The average molecular weight is 266 g/mol. The molecule has 1 aliphatic heterocycles. The highest BCUT2D eigenvalue weighted by atomic mass is 16.5. The van der Waals surface area contributed by atoms with Gasteiger partial charge < -0.3 is 19.7 Å². The van der Waals surface area contributed by atoms with Crippen molar-refractivity contribution in [2.75, 3.05) is 51.5 Å². The topological polar surface area (TPSA) is 59.5 Å². The maximum Gasteiger partial charge on any atom is 0.225 e. The van der Waals surface area contributed by atoms with Crippen LogP contribution in [0.15, 0.2) is 12.4 Å². The van der Waals surface area contributed by atoms with Gasteiger partial charge in [-0.25, -0.2) is 9.97 Å². The van der Waals surface area contributed by atoms with E-state index in [0.29, 0.717) is 0 Å². The smallest absolute Gasteiger partial charge is 0.225 e. The molecule has 1 saturated heterocycles. The van der Waals surface area contributed by atoms with Crippen molar-refractivity contribution in [1.29, 1.82) is 0 Å². The van der Waals surface area contributed by atoms with Crippen LogP contribution >= 0.6 is 0 Å². The van der Waals surface area contributed by atoms with Crippen LogP contribution in [-0.4, -0.2) is 56.5 Å². The first-order chi connectivity index (χ1) is 9.40. The lowest BCUT2D eigenvalue weighted by Crippen LogP contribution is -2.37. The minimum absolute atomic E-state index is 0.756. The number of morpholine rings is 1. The standard InChI is InChI=1S/C13H22N4O2/c1-18-6-2-3-14-9-12-10-15-13(16-11-12)17-4-7-19-8-5-17/h10-11,14H,2-9H2,1H3. The van der Waals surface area contributed by atoms with Gasteiger partial charge in [-0.2, -0.15) is 0 Å². The molecule has 1 aromatic heterocycles. The van der Waals surface area contributed by atoms with Gasteiger partial charge in [0.15, 0.2) is 0 Å². The summed E-state index contributed by atoms with van der Waals surface area (Å²) >= 11 is 0. The van der Waals surface area contributed by atoms with Crippen LogP contribution in [-0.2, 0) is 16.0 Å². The maximum atomic E-state index is 5.31. The molecule has 0 aromatic carbocycles. The molecule has 0 aliphatic carbocycles. The third-order valence-corrected chi connectivity index (χ3v) is 3.02. The first kappa shape index (κ1) is 14.2. The lowest BCUT2D eigenvalue weighted by molar-refractivity contribution is 0.122. The minimum Gasteiger partial charge on any atom is -0.385 e. The van der Waals surface area contributed by atoms with E-state index in [4.69, 9.17) is 9.47 Å². The fourth-order valence-electron chi connectivity index (χ4n) is 1.94. The van der Waals surface area contributed by atoms with E-state index in [9.17, 15) is 0 Å². The van der Waals surface area contributed by atoms with Crippen LogP contribution in [0.2, 0.25) is 0 Å². The number of methoxy groups -OCH3 is 1. The third-order valence-electron chi connectivity index (χ3n) is 3.02. The highest BCUT2D eigenvalue weighted by molar-refractivity contribution is 5.30. The lowest BCUT2D eigenvalue weighted by Gasteiger charge is -2.26. The Labute approximate surface area is 114 Å². The molecule has 6 nitrogen and oxygen atoms in total. The summed E-state index contributed by atoms with van der Waals surface area (Å²) in [4.78, 5) is 11.0. The van der Waals surface area contributed by atoms with Gasteiger partial charge in [0.2, 0.25) is 5.95 Å². The van der Waals surface area contributed by atoms with Crippen LogP contribution in [0.4, 0.5) is 5.95 Å². The number of nitrogens with one attached hydrogen (secondary N) is 1. The number of ether oxygens (including phenoxy) is 2. The molecular formula is C13H22N4O2. The first-order valence-electron chi connectivity index (χ1n) is 6.73. The Morgan fingerprint density at radius 2 is 2.05 bits per heavy atom. The van der Waals surface area contributed by atoms with Gasteiger partial charge >= 0.3 is 0 Å². The van der Waals surface area contributed by atoms with Crippen molar-refractivity contribution in [2.45, 2.75) is 13.0 Å². The van der Waals surface area contributed by atoms with E-state index in [0.717, 1.165) is 63.9 Å². The van der Waals surface area contributed by atoms with Crippen molar-refractivity contribution in [2.24, 2.45) is 0 Å². The van der Waals surface area contributed by atoms with Gasteiger partial charge in [-0.3, -0.25) is 0 Å². The first-order valence-corrected chi connectivity index (χ1v) is 6.73. The van der Waals surface area contributed by atoms with Gasteiger partial charge in [-0.15, -0.1) is 0 Å². The van der Waals surface area contributed by atoms with Crippen LogP contribution in [0.1, 0.15) is 12.0 Å². The highest BCUT2D eigenvalue weighted by Gasteiger charge is 2.13. The van der Waals surface area contributed by atoms with E-state index >= 15 is 0 Å². The second-order valence-corrected chi connectivity index (χ2v) is 4.51. The number of hydrogen-bond donors (Lipinski definition) is 1. The fourth-order valence-corrected chi connectivity index (χ4v) is 1.94. The van der Waals surface area contributed by atoms with Gasteiger partial charge in [0, 0.05) is 51.3 Å². The molecule has 0 unspecified atom stereocenters. The number of rotatable bonds is 7. The summed E-state index contributed by atoms with van der Waals surface area (Å²) in [5.41, 5.74) is 1.11. The number of anilines is 1. The lowest BCUT2D eigenvalue weighted by atomic mass is 10.3. The molecule has 0 bridgehead atoms. The molecular weight excluding hydrogens is 244 g/mol. The zero-order chi connectivity index (χ0) is 13.3. The summed E-state index contributed by atoms with van der Waals surface area (Å²) in [5, 5.41) is 3.34. The Morgan fingerprint density at radius 3 is 2.74 bits per heavy atom. The largest absolute Gasteiger partial charge is 0.385 e. The van der Waals surface area contributed by atoms with Gasteiger partial charge in [-0.1, -0.05) is 0 Å². The van der Waals surface area contributed by atoms with E-state index < -0.39 is 0 Å². The number of nitrogens with zero attached hydrogens (tertiary/aromatic N) is 3. The van der Waals surface area contributed by atoms with E-state index in [1.54, 1.807) is 7.11 Å². The molecule has 1 N–H and O–H groups in total.